The van der Waals surface area contributed by atoms with Gasteiger partial charge in [0, 0.05) is 5.56 Å². The van der Waals surface area contributed by atoms with E-state index in [9.17, 15) is 5.11 Å². The van der Waals surface area contributed by atoms with Gasteiger partial charge in [-0.25, -0.2) is 0 Å². The van der Waals surface area contributed by atoms with Gasteiger partial charge in [0.1, 0.15) is 29.3 Å². The molecule has 5 nitrogen and oxygen atoms in total. The third kappa shape index (κ3) is 3.35. The molecule has 25 heavy (non-hydrogen) atoms. The molecule has 2 atom stereocenters. The van der Waals surface area contributed by atoms with Gasteiger partial charge in [-0.15, -0.1) is 0 Å². The predicted molar refractivity (Wildman–Crippen MR) is 97.2 cm³/mol. The Bertz CT molecular complexity index is 838. The highest BCUT2D eigenvalue weighted by molar-refractivity contribution is 5.81. The lowest BCUT2D eigenvalue weighted by atomic mass is 9.85. The maximum absolute atomic E-state index is 10.8. The molecule has 2 unspecified atom stereocenters. The third-order valence-corrected chi connectivity index (χ3v) is 4.39. The molecule has 0 radical (unpaired) electrons. The number of amidine groups is 1. The van der Waals surface area contributed by atoms with Gasteiger partial charge in [0.05, 0.1) is 0 Å². The first-order valence-corrected chi connectivity index (χ1v) is 8.18. The van der Waals surface area contributed by atoms with Gasteiger partial charge in [0.15, 0.2) is 6.19 Å². The second kappa shape index (κ2) is 6.58. The molecule has 0 spiro atoms. The summed E-state index contributed by atoms with van der Waals surface area (Å²) < 4.78 is 5.99. The van der Waals surface area contributed by atoms with Crippen molar-refractivity contribution in [3.63, 3.8) is 0 Å². The van der Waals surface area contributed by atoms with Crippen LogP contribution in [0.5, 0.6) is 5.75 Å². The fraction of sp³-hybridized carbons (Fsp3) is 0.300. The number of benzene rings is 2. The Kier molecular flexibility index (Phi) is 4.47. The largest absolute Gasteiger partial charge is 0.485 e. The van der Waals surface area contributed by atoms with Crippen LogP contribution in [0.25, 0.3) is 11.1 Å². The molecule has 2 aromatic rings. The number of ether oxygens (including phenoxy) is 1. The number of hydrogen-bond donors (Lipinski definition) is 2. The fourth-order valence-corrected chi connectivity index (χ4v) is 3.04. The lowest BCUT2D eigenvalue weighted by Gasteiger charge is -2.40. The van der Waals surface area contributed by atoms with E-state index in [0.717, 1.165) is 16.7 Å². The number of hydrogen-bond acceptors (Lipinski definition) is 4. The molecule has 0 fully saturated rings. The summed E-state index contributed by atoms with van der Waals surface area (Å²) >= 11 is 0. The number of nitriles is 1. The molecule has 0 saturated heterocycles. The molecule has 0 bridgehead atoms. The van der Waals surface area contributed by atoms with Gasteiger partial charge in [-0.2, -0.15) is 5.26 Å². The van der Waals surface area contributed by atoms with Crippen molar-refractivity contribution in [2.24, 2.45) is 4.99 Å². The van der Waals surface area contributed by atoms with Crippen molar-refractivity contribution in [2.75, 3.05) is 0 Å². The Hall–Kier alpha value is -2.84. The smallest absolute Gasteiger partial charge is 0.182 e. The highest BCUT2D eigenvalue weighted by Gasteiger charge is 2.43. The second-order valence-corrected chi connectivity index (χ2v) is 6.67. The van der Waals surface area contributed by atoms with E-state index < -0.39 is 17.7 Å². The number of aliphatic imine (C=N–C) groups is 1. The molecule has 2 N–H and O–H groups in total. The van der Waals surface area contributed by atoms with Gasteiger partial charge >= 0.3 is 0 Å². The van der Waals surface area contributed by atoms with Crippen molar-refractivity contribution in [3.8, 4) is 23.1 Å². The average molecular weight is 335 g/mol. The summed E-state index contributed by atoms with van der Waals surface area (Å²) in [6.45, 7) is 5.38. The summed E-state index contributed by atoms with van der Waals surface area (Å²) in [5, 5.41) is 22.1. The Balaban J connectivity index is 2.10. The van der Waals surface area contributed by atoms with Crippen LogP contribution in [-0.2, 0) is 0 Å². The summed E-state index contributed by atoms with van der Waals surface area (Å²) in [6.07, 6.45) is 1.03. The Morgan fingerprint density at radius 3 is 2.60 bits per heavy atom. The van der Waals surface area contributed by atoms with Gasteiger partial charge < -0.3 is 9.84 Å². The second-order valence-electron chi connectivity index (χ2n) is 6.67. The summed E-state index contributed by atoms with van der Waals surface area (Å²) in [5.74, 6) is 1.16. The van der Waals surface area contributed by atoms with Crippen LogP contribution in [0.4, 0.5) is 0 Å². The molecule has 0 aliphatic carbocycles. The Morgan fingerprint density at radius 2 is 1.92 bits per heavy atom. The van der Waals surface area contributed by atoms with Gasteiger partial charge in [-0.1, -0.05) is 36.4 Å². The highest BCUT2D eigenvalue weighted by atomic mass is 16.5. The first-order valence-electron chi connectivity index (χ1n) is 8.18. The fourth-order valence-electron chi connectivity index (χ4n) is 3.04. The molecule has 0 amide bonds. The van der Waals surface area contributed by atoms with Gasteiger partial charge in [0.25, 0.3) is 0 Å². The Labute approximate surface area is 147 Å². The van der Waals surface area contributed by atoms with E-state index in [1.54, 1.807) is 6.92 Å². The molecular weight excluding hydrogens is 314 g/mol. The van der Waals surface area contributed by atoms with E-state index in [4.69, 9.17) is 10.00 Å². The standard InChI is InChI=1S/C20H21N3O2/c1-13(22-12-21)23-18-16-11-15(14-7-5-4-6-8-14)9-10-17(16)25-20(2,3)19(18)24/h4-11,18-19,24H,1-3H3,(H,22,23). The molecule has 1 aliphatic rings. The number of nitrogens with zero attached hydrogens (tertiary/aromatic N) is 2. The van der Waals surface area contributed by atoms with E-state index in [-0.39, 0.29) is 0 Å². The summed E-state index contributed by atoms with van der Waals surface area (Å²) in [6, 6.07) is 15.4. The van der Waals surface area contributed by atoms with E-state index in [1.165, 1.54) is 0 Å². The first-order chi connectivity index (χ1) is 11.9. The molecule has 0 saturated carbocycles. The van der Waals surface area contributed by atoms with Crippen molar-refractivity contribution < 1.29 is 9.84 Å². The lowest BCUT2D eigenvalue weighted by Crippen LogP contribution is -2.48. The van der Waals surface area contributed by atoms with Crippen LogP contribution >= 0.6 is 0 Å². The SMILES string of the molecule is CC(=NC1c2cc(-c3ccccc3)ccc2OC(C)(C)C1O)NC#N. The van der Waals surface area contributed by atoms with Crippen LogP contribution in [0.1, 0.15) is 32.4 Å². The van der Waals surface area contributed by atoms with Crippen molar-refractivity contribution in [1.82, 2.24) is 5.32 Å². The minimum Gasteiger partial charge on any atom is -0.485 e. The monoisotopic (exact) mass is 335 g/mol. The van der Waals surface area contributed by atoms with Crippen LogP contribution in [-0.4, -0.2) is 22.6 Å². The molecule has 5 heteroatoms. The number of fused-ring (bicyclic) bond motifs is 1. The zero-order valence-corrected chi connectivity index (χ0v) is 14.5. The normalized spacial score (nSPS) is 21.6. The maximum Gasteiger partial charge on any atom is 0.182 e. The topological polar surface area (TPSA) is 77.6 Å². The summed E-state index contributed by atoms with van der Waals surface area (Å²) in [4.78, 5) is 4.53. The average Bonchev–Trinajstić information content (AvgIpc) is 2.59. The van der Waals surface area contributed by atoms with Gasteiger partial charge in [-0.3, -0.25) is 10.3 Å². The van der Waals surface area contributed by atoms with E-state index in [2.05, 4.69) is 10.3 Å². The molecule has 3 rings (SSSR count). The van der Waals surface area contributed by atoms with Gasteiger partial charge in [-0.05, 0) is 44.0 Å². The van der Waals surface area contributed by atoms with Crippen LogP contribution < -0.4 is 10.1 Å². The van der Waals surface area contributed by atoms with E-state index >= 15 is 0 Å². The van der Waals surface area contributed by atoms with Crippen molar-refractivity contribution in [2.45, 2.75) is 38.5 Å². The number of aliphatic hydroxyl groups is 1. The van der Waals surface area contributed by atoms with Crippen molar-refractivity contribution in [3.05, 3.63) is 54.1 Å². The zero-order chi connectivity index (χ0) is 18.0. The van der Waals surface area contributed by atoms with E-state index in [0.29, 0.717) is 11.6 Å². The molecular formula is C20H21N3O2. The minimum atomic E-state index is -0.832. The summed E-state index contributed by atoms with van der Waals surface area (Å²) in [7, 11) is 0. The summed E-state index contributed by atoms with van der Waals surface area (Å²) in [5.41, 5.74) is 2.15. The van der Waals surface area contributed by atoms with Crippen LogP contribution in [0.15, 0.2) is 53.5 Å². The maximum atomic E-state index is 10.8. The minimum absolute atomic E-state index is 0.459. The zero-order valence-electron chi connectivity index (χ0n) is 14.5. The highest BCUT2D eigenvalue weighted by Crippen LogP contribution is 2.43. The molecule has 128 valence electrons. The Morgan fingerprint density at radius 1 is 1.20 bits per heavy atom. The molecule has 0 aromatic heterocycles. The van der Waals surface area contributed by atoms with E-state index in [1.807, 2.05) is 68.6 Å². The molecule has 1 heterocycles. The number of rotatable bonds is 2. The van der Waals surface area contributed by atoms with Gasteiger partial charge in [0.2, 0.25) is 0 Å². The lowest BCUT2D eigenvalue weighted by molar-refractivity contribution is -0.0566. The van der Waals surface area contributed by atoms with Crippen molar-refractivity contribution >= 4 is 5.84 Å². The predicted octanol–water partition coefficient (Wildman–Crippen LogP) is 3.42. The van der Waals surface area contributed by atoms with Crippen molar-refractivity contribution in [1.29, 1.82) is 5.26 Å². The number of aliphatic hydroxyl groups excluding tert-OH is 1. The van der Waals surface area contributed by atoms with Crippen LogP contribution in [0, 0.1) is 11.5 Å². The molecule has 1 aliphatic heterocycles. The van der Waals surface area contributed by atoms with Crippen LogP contribution in [0.2, 0.25) is 0 Å². The quantitative estimate of drug-likeness (QED) is 0.381. The van der Waals surface area contributed by atoms with Crippen LogP contribution in [0.3, 0.4) is 0 Å². The third-order valence-electron chi connectivity index (χ3n) is 4.39. The number of nitrogens with one attached hydrogen (secondary N) is 1. The molecule has 2 aromatic carbocycles. The first kappa shape index (κ1) is 17.0.